The number of hydrogen-bond donors (Lipinski definition) is 2. The average molecular weight is 296 g/mol. The summed E-state index contributed by atoms with van der Waals surface area (Å²) in [5.41, 5.74) is -0.197. The Morgan fingerprint density at radius 1 is 1.48 bits per heavy atom. The van der Waals surface area contributed by atoms with E-state index in [0.717, 1.165) is 19.3 Å². The zero-order chi connectivity index (χ0) is 16.0. The molecule has 4 nitrogen and oxygen atoms in total. The van der Waals surface area contributed by atoms with Crippen LogP contribution in [0, 0.1) is 17.3 Å². The number of carbonyl (C=O) groups excluding carboxylic acids is 1. The van der Waals surface area contributed by atoms with Crippen LogP contribution < -0.4 is 0 Å². The lowest BCUT2D eigenvalue weighted by molar-refractivity contribution is -0.140. The van der Waals surface area contributed by atoms with Gasteiger partial charge in [0.15, 0.2) is 0 Å². The van der Waals surface area contributed by atoms with Crippen molar-refractivity contribution in [3.63, 3.8) is 0 Å². The Kier molecular flexibility index (Phi) is 6.59. The summed E-state index contributed by atoms with van der Waals surface area (Å²) in [6.45, 7) is 6.19. The van der Waals surface area contributed by atoms with E-state index in [-0.39, 0.29) is 23.5 Å². The predicted molar refractivity (Wildman–Crippen MR) is 81.9 cm³/mol. The Labute approximate surface area is 127 Å². The van der Waals surface area contributed by atoms with Gasteiger partial charge in [0, 0.05) is 12.3 Å². The van der Waals surface area contributed by atoms with E-state index in [2.05, 4.69) is 6.92 Å². The molecule has 1 aliphatic rings. The van der Waals surface area contributed by atoms with E-state index in [4.69, 9.17) is 5.11 Å². The lowest BCUT2D eigenvalue weighted by Gasteiger charge is -2.29. The van der Waals surface area contributed by atoms with Crippen LogP contribution in [0.2, 0.25) is 0 Å². The maximum absolute atomic E-state index is 11.7. The van der Waals surface area contributed by atoms with Gasteiger partial charge in [0.25, 0.3) is 0 Å². The van der Waals surface area contributed by atoms with Crippen LogP contribution in [0.4, 0.5) is 0 Å². The first kappa shape index (κ1) is 17.9. The molecule has 3 atom stereocenters. The summed E-state index contributed by atoms with van der Waals surface area (Å²) < 4.78 is 0. The summed E-state index contributed by atoms with van der Waals surface area (Å²) in [5.74, 6) is -1.38. The lowest BCUT2D eigenvalue weighted by Crippen LogP contribution is -2.27. The maximum Gasteiger partial charge on any atom is 0.304 e. The lowest BCUT2D eigenvalue weighted by atomic mass is 9.80. The number of ketones is 1. The maximum atomic E-state index is 11.7. The van der Waals surface area contributed by atoms with Crippen molar-refractivity contribution >= 4 is 11.8 Å². The van der Waals surface area contributed by atoms with Crippen LogP contribution in [0.5, 0.6) is 0 Å². The van der Waals surface area contributed by atoms with Gasteiger partial charge in [-0.25, -0.2) is 0 Å². The summed E-state index contributed by atoms with van der Waals surface area (Å²) >= 11 is 0. The molecule has 1 aliphatic carbocycles. The number of aliphatic hydroxyl groups excluding tert-OH is 1. The van der Waals surface area contributed by atoms with Crippen LogP contribution in [0.25, 0.3) is 0 Å². The molecule has 1 rings (SSSR count). The van der Waals surface area contributed by atoms with Gasteiger partial charge >= 0.3 is 5.97 Å². The molecule has 0 aromatic carbocycles. The third-order valence-electron chi connectivity index (χ3n) is 4.56. The highest BCUT2D eigenvalue weighted by Gasteiger charge is 2.35. The fourth-order valence-corrected chi connectivity index (χ4v) is 2.91. The molecule has 4 heteroatoms. The van der Waals surface area contributed by atoms with E-state index in [1.54, 1.807) is 6.08 Å². The Bertz CT molecular complexity index is 398. The van der Waals surface area contributed by atoms with Crippen molar-refractivity contribution in [3.8, 4) is 0 Å². The molecule has 1 saturated carbocycles. The van der Waals surface area contributed by atoms with Gasteiger partial charge in [-0.05, 0) is 24.2 Å². The van der Waals surface area contributed by atoms with Gasteiger partial charge in [0.2, 0.25) is 0 Å². The normalized spacial score (nSPS) is 24.7. The van der Waals surface area contributed by atoms with E-state index in [0.29, 0.717) is 12.8 Å². The first-order chi connectivity index (χ1) is 9.77. The molecule has 21 heavy (non-hydrogen) atoms. The number of allylic oxidation sites excluding steroid dienone is 1. The summed E-state index contributed by atoms with van der Waals surface area (Å²) in [4.78, 5) is 22.6. The minimum Gasteiger partial charge on any atom is -0.481 e. The van der Waals surface area contributed by atoms with E-state index in [1.807, 2.05) is 19.9 Å². The molecule has 0 saturated heterocycles. The molecule has 2 N–H and O–H groups in total. The van der Waals surface area contributed by atoms with E-state index >= 15 is 0 Å². The third-order valence-corrected chi connectivity index (χ3v) is 4.56. The van der Waals surface area contributed by atoms with Gasteiger partial charge in [-0.15, -0.1) is 0 Å². The minimum atomic E-state index is -0.933. The molecular weight excluding hydrogens is 268 g/mol. The number of aliphatic hydroxyl groups is 1. The smallest absolute Gasteiger partial charge is 0.304 e. The van der Waals surface area contributed by atoms with E-state index < -0.39 is 18.0 Å². The van der Waals surface area contributed by atoms with Crippen LogP contribution in [-0.2, 0) is 9.59 Å². The van der Waals surface area contributed by atoms with E-state index in [1.165, 1.54) is 0 Å². The summed E-state index contributed by atoms with van der Waals surface area (Å²) in [6.07, 6.45) is 7.19. The summed E-state index contributed by atoms with van der Waals surface area (Å²) in [6, 6.07) is 0. The van der Waals surface area contributed by atoms with Crippen LogP contribution in [0.15, 0.2) is 12.2 Å². The predicted octanol–water partition coefficient (Wildman–Crippen LogP) is 3.19. The number of carbonyl (C=O) groups is 2. The molecule has 0 radical (unpaired) electrons. The second-order valence-corrected chi connectivity index (χ2v) is 6.80. The van der Waals surface area contributed by atoms with Gasteiger partial charge in [-0.1, -0.05) is 45.8 Å². The van der Waals surface area contributed by atoms with Crippen LogP contribution >= 0.6 is 0 Å². The largest absolute Gasteiger partial charge is 0.481 e. The molecular formula is C17H28O4. The van der Waals surface area contributed by atoms with Gasteiger partial charge in [0.05, 0.1) is 12.5 Å². The fourth-order valence-electron chi connectivity index (χ4n) is 2.91. The fraction of sp³-hybridized carbons (Fsp3) is 0.765. The second-order valence-electron chi connectivity index (χ2n) is 6.80. The standard InChI is InChI=1S/C17H28O4/c1-4-5-10-17(2,3)15(19)9-7-12-6-8-14(18)13(12)11-16(20)21/h7,9,12-13,15,19H,4-6,8,10-11H2,1-3H3,(H,20,21)/b9-7+/t12-,13-,15?/m1/s1. The first-order valence-electron chi connectivity index (χ1n) is 7.89. The van der Waals surface area contributed by atoms with Crippen molar-refractivity contribution in [2.45, 2.75) is 65.4 Å². The van der Waals surface area contributed by atoms with Crippen molar-refractivity contribution in [2.24, 2.45) is 17.3 Å². The molecule has 0 amide bonds. The number of aliphatic carboxylic acids is 1. The van der Waals surface area contributed by atoms with Crippen molar-refractivity contribution in [1.29, 1.82) is 0 Å². The molecule has 0 aromatic heterocycles. The second kappa shape index (κ2) is 7.74. The van der Waals surface area contributed by atoms with Crippen LogP contribution in [0.3, 0.4) is 0 Å². The monoisotopic (exact) mass is 296 g/mol. The molecule has 1 fully saturated rings. The van der Waals surface area contributed by atoms with Gasteiger partial charge in [-0.3, -0.25) is 9.59 Å². The number of carboxylic acids is 1. The summed E-state index contributed by atoms with van der Waals surface area (Å²) in [7, 11) is 0. The molecule has 0 bridgehead atoms. The van der Waals surface area contributed by atoms with E-state index in [9.17, 15) is 14.7 Å². The van der Waals surface area contributed by atoms with Crippen molar-refractivity contribution in [2.75, 3.05) is 0 Å². The number of hydrogen-bond acceptors (Lipinski definition) is 3. The Morgan fingerprint density at radius 2 is 2.14 bits per heavy atom. The minimum absolute atomic E-state index is 0.0341. The highest BCUT2D eigenvalue weighted by atomic mass is 16.4. The quantitative estimate of drug-likeness (QED) is 0.675. The topological polar surface area (TPSA) is 74.6 Å². The average Bonchev–Trinajstić information content (AvgIpc) is 2.74. The van der Waals surface area contributed by atoms with Gasteiger partial charge < -0.3 is 10.2 Å². The summed E-state index contributed by atoms with van der Waals surface area (Å²) in [5, 5.41) is 19.2. The van der Waals surface area contributed by atoms with Crippen LogP contribution in [-0.4, -0.2) is 28.1 Å². The van der Waals surface area contributed by atoms with Crippen LogP contribution in [0.1, 0.15) is 59.3 Å². The zero-order valence-corrected chi connectivity index (χ0v) is 13.3. The van der Waals surface area contributed by atoms with Crippen molar-refractivity contribution in [3.05, 3.63) is 12.2 Å². The highest BCUT2D eigenvalue weighted by molar-refractivity contribution is 5.87. The van der Waals surface area contributed by atoms with Gasteiger partial charge in [-0.2, -0.15) is 0 Å². The Morgan fingerprint density at radius 3 is 2.71 bits per heavy atom. The SMILES string of the molecule is CCCCC(C)(C)C(O)/C=C/[C@H]1CCC(=O)[C@@H]1CC(=O)O. The molecule has 0 heterocycles. The molecule has 1 unspecified atom stereocenters. The Balaban J connectivity index is 2.65. The molecule has 120 valence electrons. The van der Waals surface area contributed by atoms with Crippen molar-refractivity contribution < 1.29 is 19.8 Å². The number of carboxylic acid groups (broad SMARTS) is 1. The molecule has 0 aromatic rings. The number of rotatable bonds is 8. The Hall–Kier alpha value is -1.16. The van der Waals surface area contributed by atoms with Gasteiger partial charge in [0.1, 0.15) is 5.78 Å². The third kappa shape index (κ3) is 5.27. The van der Waals surface area contributed by atoms with Crippen molar-refractivity contribution in [1.82, 2.24) is 0 Å². The molecule has 0 spiro atoms. The zero-order valence-electron chi connectivity index (χ0n) is 13.3. The first-order valence-corrected chi connectivity index (χ1v) is 7.89. The number of Topliss-reactive ketones (excluding diaryl/α,β-unsaturated/α-hetero) is 1. The number of unbranched alkanes of at least 4 members (excludes halogenated alkanes) is 1. The molecule has 0 aliphatic heterocycles. The highest BCUT2D eigenvalue weighted by Crippen LogP contribution is 2.34.